The largest absolute Gasteiger partial charge is 0.397 e. The first kappa shape index (κ1) is 12.4. The van der Waals surface area contributed by atoms with Crippen molar-refractivity contribution in [2.45, 2.75) is 11.8 Å². The maximum Gasteiger partial charge on any atom is 0.261 e. The smallest absolute Gasteiger partial charge is 0.261 e. The lowest BCUT2D eigenvalue weighted by Gasteiger charge is -2.10. The maximum atomic E-state index is 12.1. The van der Waals surface area contributed by atoms with Gasteiger partial charge in [0.15, 0.2) is 0 Å². The highest BCUT2D eigenvalue weighted by Gasteiger charge is 2.14. The third kappa shape index (κ3) is 2.62. The van der Waals surface area contributed by atoms with E-state index in [-0.39, 0.29) is 4.90 Å². The predicted octanol–water partition coefficient (Wildman–Crippen LogP) is 2.38. The second-order valence-corrected chi connectivity index (χ2v) is 5.69. The third-order valence-corrected chi connectivity index (χ3v) is 3.89. The van der Waals surface area contributed by atoms with Crippen LogP contribution in [0.2, 0.25) is 0 Å². The number of benzene rings is 2. The quantitative estimate of drug-likeness (QED) is 0.834. The van der Waals surface area contributed by atoms with Gasteiger partial charge in [0, 0.05) is 0 Å². The zero-order chi connectivity index (χ0) is 13.2. The van der Waals surface area contributed by atoms with Crippen molar-refractivity contribution >= 4 is 21.4 Å². The second kappa shape index (κ2) is 4.70. The minimum absolute atomic E-state index is 0.213. The zero-order valence-corrected chi connectivity index (χ0v) is 10.7. The van der Waals surface area contributed by atoms with E-state index in [1.54, 1.807) is 36.4 Å². The number of anilines is 2. The van der Waals surface area contributed by atoms with Crippen LogP contribution < -0.4 is 10.5 Å². The van der Waals surface area contributed by atoms with E-state index >= 15 is 0 Å². The van der Waals surface area contributed by atoms with Gasteiger partial charge in [0.1, 0.15) is 0 Å². The van der Waals surface area contributed by atoms with Crippen molar-refractivity contribution < 1.29 is 8.42 Å². The summed E-state index contributed by atoms with van der Waals surface area (Å²) in [6, 6.07) is 13.4. The van der Waals surface area contributed by atoms with Gasteiger partial charge >= 0.3 is 0 Å². The lowest BCUT2D eigenvalue weighted by Crippen LogP contribution is -2.14. The Bertz CT molecular complexity index is 652. The summed E-state index contributed by atoms with van der Waals surface area (Å²) in [5.41, 5.74) is 7.57. The number of hydrogen-bond acceptors (Lipinski definition) is 3. The minimum atomic E-state index is -3.58. The Kier molecular flexibility index (Phi) is 3.25. The van der Waals surface area contributed by atoms with Crippen LogP contribution in [0.3, 0.4) is 0 Å². The van der Waals surface area contributed by atoms with Crippen LogP contribution in [0.5, 0.6) is 0 Å². The van der Waals surface area contributed by atoms with Crippen LogP contribution in [0.25, 0.3) is 0 Å². The van der Waals surface area contributed by atoms with Gasteiger partial charge in [-0.15, -0.1) is 0 Å². The number of nitrogen functional groups attached to an aromatic ring is 1. The van der Waals surface area contributed by atoms with E-state index in [4.69, 9.17) is 5.73 Å². The van der Waals surface area contributed by atoms with Crippen molar-refractivity contribution in [2.24, 2.45) is 0 Å². The molecule has 0 aliphatic heterocycles. The van der Waals surface area contributed by atoms with Crippen LogP contribution in [0.15, 0.2) is 53.4 Å². The first-order valence-electron chi connectivity index (χ1n) is 5.43. The summed E-state index contributed by atoms with van der Waals surface area (Å²) < 4.78 is 26.6. The molecule has 0 spiro atoms. The molecule has 18 heavy (non-hydrogen) atoms. The van der Waals surface area contributed by atoms with E-state index in [0.29, 0.717) is 11.4 Å². The molecule has 0 unspecified atom stereocenters. The van der Waals surface area contributed by atoms with E-state index in [2.05, 4.69) is 4.72 Å². The Balaban J connectivity index is 2.34. The molecule has 0 aromatic heterocycles. The third-order valence-electron chi connectivity index (χ3n) is 2.50. The van der Waals surface area contributed by atoms with E-state index in [1.165, 1.54) is 12.1 Å². The molecule has 2 aromatic rings. The molecule has 3 N–H and O–H groups in total. The van der Waals surface area contributed by atoms with Gasteiger partial charge in [0.05, 0.1) is 16.3 Å². The molecule has 0 amide bonds. The lowest BCUT2D eigenvalue weighted by atomic mass is 10.2. The summed E-state index contributed by atoms with van der Waals surface area (Å²) in [7, 11) is -3.58. The number of aryl methyl sites for hydroxylation is 1. The molecular weight excluding hydrogens is 248 g/mol. The Labute approximate surface area is 107 Å². The average Bonchev–Trinajstić information content (AvgIpc) is 2.34. The second-order valence-electron chi connectivity index (χ2n) is 4.01. The molecule has 0 fully saturated rings. The molecule has 5 heteroatoms. The van der Waals surface area contributed by atoms with Crippen molar-refractivity contribution in [3.8, 4) is 0 Å². The predicted molar refractivity (Wildman–Crippen MR) is 72.8 cm³/mol. The molecule has 0 saturated heterocycles. The first-order valence-corrected chi connectivity index (χ1v) is 6.91. The zero-order valence-electron chi connectivity index (χ0n) is 9.92. The molecule has 0 radical (unpaired) electrons. The molecule has 0 atom stereocenters. The molecule has 0 bridgehead atoms. The highest BCUT2D eigenvalue weighted by atomic mass is 32.2. The summed E-state index contributed by atoms with van der Waals surface area (Å²) in [4.78, 5) is 0.213. The van der Waals surface area contributed by atoms with Crippen LogP contribution in [-0.2, 0) is 10.0 Å². The fraction of sp³-hybridized carbons (Fsp3) is 0.0769. The number of rotatable bonds is 3. The number of sulfonamides is 1. The van der Waals surface area contributed by atoms with E-state index in [1.807, 2.05) is 6.92 Å². The molecule has 2 rings (SSSR count). The number of nitrogens with two attached hydrogens (primary N) is 1. The monoisotopic (exact) mass is 262 g/mol. The van der Waals surface area contributed by atoms with Crippen LogP contribution >= 0.6 is 0 Å². The Morgan fingerprint density at radius 2 is 1.72 bits per heavy atom. The molecule has 0 aliphatic carbocycles. The molecule has 0 heterocycles. The average molecular weight is 262 g/mol. The van der Waals surface area contributed by atoms with Gasteiger partial charge in [-0.1, -0.05) is 24.3 Å². The molecule has 0 aliphatic rings. The molecule has 94 valence electrons. The van der Waals surface area contributed by atoms with Crippen molar-refractivity contribution in [3.05, 3.63) is 54.1 Å². The minimum Gasteiger partial charge on any atom is -0.397 e. The van der Waals surface area contributed by atoms with Gasteiger partial charge in [0.2, 0.25) is 0 Å². The Morgan fingerprint density at radius 3 is 2.33 bits per heavy atom. The summed E-state index contributed by atoms with van der Waals surface area (Å²) in [5, 5.41) is 0. The van der Waals surface area contributed by atoms with Crippen LogP contribution in [0, 0.1) is 6.92 Å². The Hall–Kier alpha value is -2.01. The van der Waals surface area contributed by atoms with E-state index < -0.39 is 10.0 Å². The molecule has 0 saturated carbocycles. The lowest BCUT2D eigenvalue weighted by molar-refractivity contribution is 0.601. The fourth-order valence-electron chi connectivity index (χ4n) is 1.58. The highest BCUT2D eigenvalue weighted by molar-refractivity contribution is 7.92. The highest BCUT2D eigenvalue weighted by Crippen LogP contribution is 2.22. The van der Waals surface area contributed by atoms with Gasteiger partial charge < -0.3 is 5.73 Å². The Morgan fingerprint density at radius 1 is 1.06 bits per heavy atom. The normalized spacial score (nSPS) is 11.2. The number of hydrogen-bond donors (Lipinski definition) is 2. The molecule has 2 aromatic carbocycles. The summed E-state index contributed by atoms with van der Waals surface area (Å²) in [6.07, 6.45) is 0. The van der Waals surface area contributed by atoms with Crippen LogP contribution in [-0.4, -0.2) is 8.42 Å². The van der Waals surface area contributed by atoms with Crippen molar-refractivity contribution in [1.29, 1.82) is 0 Å². The number of nitrogens with one attached hydrogen (secondary N) is 1. The molecular formula is C13H14N2O2S. The topological polar surface area (TPSA) is 72.2 Å². The SMILES string of the molecule is Cc1ccc(NS(=O)(=O)c2ccccc2)c(N)c1. The van der Waals surface area contributed by atoms with Gasteiger partial charge in [-0.25, -0.2) is 8.42 Å². The fourth-order valence-corrected chi connectivity index (χ4v) is 2.69. The van der Waals surface area contributed by atoms with Gasteiger partial charge in [-0.2, -0.15) is 0 Å². The van der Waals surface area contributed by atoms with Crippen LogP contribution in [0.1, 0.15) is 5.56 Å². The standard InChI is InChI=1S/C13H14N2O2S/c1-10-7-8-13(12(14)9-10)15-18(16,17)11-5-3-2-4-6-11/h2-9,15H,14H2,1H3. The summed E-state index contributed by atoms with van der Waals surface area (Å²) in [6.45, 7) is 1.89. The van der Waals surface area contributed by atoms with Crippen LogP contribution in [0.4, 0.5) is 11.4 Å². The van der Waals surface area contributed by atoms with E-state index in [0.717, 1.165) is 5.56 Å². The van der Waals surface area contributed by atoms with Crippen molar-refractivity contribution in [1.82, 2.24) is 0 Å². The maximum absolute atomic E-state index is 12.1. The van der Waals surface area contributed by atoms with Crippen molar-refractivity contribution in [2.75, 3.05) is 10.5 Å². The van der Waals surface area contributed by atoms with Crippen molar-refractivity contribution in [3.63, 3.8) is 0 Å². The molecule has 4 nitrogen and oxygen atoms in total. The van der Waals surface area contributed by atoms with Gasteiger partial charge in [0.25, 0.3) is 10.0 Å². The van der Waals surface area contributed by atoms with Gasteiger partial charge in [-0.05, 0) is 36.8 Å². The van der Waals surface area contributed by atoms with E-state index in [9.17, 15) is 8.42 Å². The summed E-state index contributed by atoms with van der Waals surface area (Å²) >= 11 is 0. The first-order chi connectivity index (χ1) is 8.49. The van der Waals surface area contributed by atoms with Gasteiger partial charge in [-0.3, -0.25) is 4.72 Å². The summed E-state index contributed by atoms with van der Waals surface area (Å²) in [5.74, 6) is 0.